The van der Waals surface area contributed by atoms with E-state index < -0.39 is 0 Å². The fourth-order valence-electron chi connectivity index (χ4n) is 2.34. The Balaban J connectivity index is 1.75. The molecule has 1 amide bonds. The number of rotatable bonds is 3. The summed E-state index contributed by atoms with van der Waals surface area (Å²) in [7, 11) is 0. The zero-order valence-corrected chi connectivity index (χ0v) is 12.0. The lowest BCUT2D eigenvalue weighted by Crippen LogP contribution is -2.34. The molecule has 114 valence electrons. The molecule has 1 aromatic carbocycles. The van der Waals surface area contributed by atoms with E-state index in [1.165, 1.54) is 0 Å². The molecule has 5 N–H and O–H groups in total. The molecular weight excluding hydrogens is 282 g/mol. The van der Waals surface area contributed by atoms with Gasteiger partial charge in [-0.1, -0.05) is 12.1 Å². The molecule has 22 heavy (non-hydrogen) atoms. The maximum absolute atomic E-state index is 12.1. The zero-order valence-electron chi connectivity index (χ0n) is 12.0. The van der Waals surface area contributed by atoms with E-state index in [9.17, 15) is 4.79 Å². The van der Waals surface area contributed by atoms with Crippen LogP contribution in [0, 0.1) is 0 Å². The zero-order chi connectivity index (χ0) is 15.5. The van der Waals surface area contributed by atoms with Crippen molar-refractivity contribution in [1.82, 2.24) is 15.3 Å². The molecule has 2 aromatic rings. The highest BCUT2D eigenvalue weighted by molar-refractivity contribution is 5.94. The number of nitrogens with zero attached hydrogens (tertiary/aromatic N) is 2. The Morgan fingerprint density at radius 2 is 2.00 bits per heavy atom. The van der Waals surface area contributed by atoms with E-state index in [1.54, 1.807) is 30.3 Å². The fourth-order valence-corrected chi connectivity index (χ4v) is 2.34. The van der Waals surface area contributed by atoms with Crippen LogP contribution in [0.4, 0.5) is 11.8 Å². The van der Waals surface area contributed by atoms with Gasteiger partial charge in [0.15, 0.2) is 0 Å². The normalized spacial score (nSPS) is 17.4. The minimum atomic E-state index is -0.108. The van der Waals surface area contributed by atoms with E-state index in [1.807, 2.05) is 0 Å². The van der Waals surface area contributed by atoms with Crippen LogP contribution in [-0.2, 0) is 4.74 Å². The molecule has 0 radical (unpaired) electrons. The standard InChI is InChI=1S/C15H17N5O2/c16-13-7-12(19-15(17)20-13)9-1-3-10(4-2-9)14(21)18-11-5-6-22-8-11/h1-4,7,11H,5-6,8H2,(H,18,21)(H4,16,17,19,20). The first kappa shape index (κ1) is 14.3. The second-order valence-electron chi connectivity index (χ2n) is 5.15. The molecule has 0 spiro atoms. The lowest BCUT2D eigenvalue weighted by atomic mass is 10.1. The summed E-state index contributed by atoms with van der Waals surface area (Å²) >= 11 is 0. The van der Waals surface area contributed by atoms with Crippen molar-refractivity contribution in [3.8, 4) is 11.3 Å². The molecule has 1 aromatic heterocycles. The average Bonchev–Trinajstić information content (AvgIpc) is 2.99. The van der Waals surface area contributed by atoms with Gasteiger partial charge in [-0.25, -0.2) is 4.98 Å². The minimum Gasteiger partial charge on any atom is -0.384 e. The molecule has 0 bridgehead atoms. The topological polar surface area (TPSA) is 116 Å². The Morgan fingerprint density at radius 1 is 1.23 bits per heavy atom. The van der Waals surface area contributed by atoms with E-state index in [2.05, 4.69) is 15.3 Å². The highest BCUT2D eigenvalue weighted by Crippen LogP contribution is 2.20. The quantitative estimate of drug-likeness (QED) is 0.773. The molecule has 7 nitrogen and oxygen atoms in total. The number of hydrogen-bond donors (Lipinski definition) is 3. The van der Waals surface area contributed by atoms with Gasteiger partial charge in [0.2, 0.25) is 5.95 Å². The number of aromatic nitrogens is 2. The number of ether oxygens (including phenoxy) is 1. The minimum absolute atomic E-state index is 0.0913. The van der Waals surface area contributed by atoms with Crippen LogP contribution in [0.1, 0.15) is 16.8 Å². The van der Waals surface area contributed by atoms with Crippen molar-refractivity contribution in [2.24, 2.45) is 0 Å². The number of nitrogen functional groups attached to an aromatic ring is 2. The Kier molecular flexibility index (Phi) is 3.88. The molecular formula is C15H17N5O2. The van der Waals surface area contributed by atoms with Gasteiger partial charge in [-0.05, 0) is 18.6 Å². The predicted molar refractivity (Wildman–Crippen MR) is 83.0 cm³/mol. The number of nitrogens with two attached hydrogens (primary N) is 2. The number of carbonyl (C=O) groups is 1. The van der Waals surface area contributed by atoms with E-state index in [-0.39, 0.29) is 17.9 Å². The largest absolute Gasteiger partial charge is 0.384 e. The molecule has 1 atom stereocenters. The first-order chi connectivity index (χ1) is 10.6. The summed E-state index contributed by atoms with van der Waals surface area (Å²) in [5.41, 5.74) is 13.3. The second-order valence-corrected chi connectivity index (χ2v) is 5.15. The summed E-state index contributed by atoms with van der Waals surface area (Å²) in [4.78, 5) is 20.1. The Bertz CT molecular complexity index is 661. The van der Waals surface area contributed by atoms with Crippen LogP contribution in [0.25, 0.3) is 11.3 Å². The molecule has 0 saturated carbocycles. The SMILES string of the molecule is Nc1cc(-c2ccc(C(=O)NC3CCOC3)cc2)nc(N)n1. The third-order valence-corrected chi connectivity index (χ3v) is 3.47. The molecule has 1 fully saturated rings. The number of amides is 1. The molecule has 1 aliphatic rings. The molecule has 1 unspecified atom stereocenters. The summed E-state index contributed by atoms with van der Waals surface area (Å²) in [5, 5.41) is 2.94. The Morgan fingerprint density at radius 3 is 2.64 bits per heavy atom. The first-order valence-electron chi connectivity index (χ1n) is 7.01. The van der Waals surface area contributed by atoms with Gasteiger partial charge in [0.1, 0.15) is 5.82 Å². The number of hydrogen-bond acceptors (Lipinski definition) is 6. The van der Waals surface area contributed by atoms with E-state index in [0.717, 1.165) is 12.0 Å². The van der Waals surface area contributed by atoms with E-state index in [4.69, 9.17) is 16.2 Å². The smallest absolute Gasteiger partial charge is 0.251 e. The van der Waals surface area contributed by atoms with Gasteiger partial charge in [-0.15, -0.1) is 0 Å². The molecule has 0 aliphatic carbocycles. The molecule has 1 aliphatic heterocycles. The highest BCUT2D eigenvalue weighted by Gasteiger charge is 2.18. The van der Waals surface area contributed by atoms with Gasteiger partial charge in [0.05, 0.1) is 18.3 Å². The Labute approximate surface area is 127 Å². The lowest BCUT2D eigenvalue weighted by Gasteiger charge is -2.11. The number of carbonyl (C=O) groups excluding carboxylic acids is 1. The maximum atomic E-state index is 12.1. The average molecular weight is 299 g/mol. The number of nitrogens with one attached hydrogen (secondary N) is 1. The summed E-state index contributed by atoms with van der Waals surface area (Å²) in [6.07, 6.45) is 0.851. The Hall–Kier alpha value is -2.67. The second kappa shape index (κ2) is 5.98. The van der Waals surface area contributed by atoms with Crippen molar-refractivity contribution in [2.45, 2.75) is 12.5 Å². The summed E-state index contributed by atoms with van der Waals surface area (Å²) in [6.45, 7) is 1.27. The highest BCUT2D eigenvalue weighted by atomic mass is 16.5. The van der Waals surface area contributed by atoms with Gasteiger partial charge < -0.3 is 21.5 Å². The van der Waals surface area contributed by atoms with Gasteiger partial charge in [-0.2, -0.15) is 4.98 Å². The summed E-state index contributed by atoms with van der Waals surface area (Å²) in [5.74, 6) is 0.326. The first-order valence-corrected chi connectivity index (χ1v) is 7.01. The van der Waals surface area contributed by atoms with Crippen LogP contribution in [-0.4, -0.2) is 35.1 Å². The van der Waals surface area contributed by atoms with Crippen LogP contribution < -0.4 is 16.8 Å². The van der Waals surface area contributed by atoms with Crippen LogP contribution in [0.15, 0.2) is 30.3 Å². The van der Waals surface area contributed by atoms with Crippen molar-refractivity contribution in [3.63, 3.8) is 0 Å². The molecule has 2 heterocycles. The van der Waals surface area contributed by atoms with E-state index in [0.29, 0.717) is 30.3 Å². The van der Waals surface area contributed by atoms with Gasteiger partial charge in [0.25, 0.3) is 5.91 Å². The van der Waals surface area contributed by atoms with Crippen LogP contribution in [0.2, 0.25) is 0 Å². The van der Waals surface area contributed by atoms with Gasteiger partial charge in [-0.3, -0.25) is 4.79 Å². The van der Waals surface area contributed by atoms with Gasteiger partial charge in [0, 0.05) is 23.8 Å². The fraction of sp³-hybridized carbons (Fsp3) is 0.267. The van der Waals surface area contributed by atoms with Crippen LogP contribution >= 0.6 is 0 Å². The van der Waals surface area contributed by atoms with E-state index >= 15 is 0 Å². The molecule has 1 saturated heterocycles. The van der Waals surface area contributed by atoms with Crippen LogP contribution in [0.3, 0.4) is 0 Å². The predicted octanol–water partition coefficient (Wildman–Crippen LogP) is 0.827. The van der Waals surface area contributed by atoms with Crippen molar-refractivity contribution in [1.29, 1.82) is 0 Å². The summed E-state index contributed by atoms with van der Waals surface area (Å²) < 4.78 is 5.24. The maximum Gasteiger partial charge on any atom is 0.251 e. The summed E-state index contributed by atoms with van der Waals surface area (Å²) in [6, 6.07) is 8.84. The number of anilines is 2. The third kappa shape index (κ3) is 3.15. The third-order valence-electron chi connectivity index (χ3n) is 3.47. The number of benzene rings is 1. The molecule has 3 rings (SSSR count). The van der Waals surface area contributed by atoms with Crippen molar-refractivity contribution in [3.05, 3.63) is 35.9 Å². The molecule has 7 heteroatoms. The monoisotopic (exact) mass is 299 g/mol. The van der Waals surface area contributed by atoms with Crippen molar-refractivity contribution < 1.29 is 9.53 Å². The van der Waals surface area contributed by atoms with Crippen molar-refractivity contribution in [2.75, 3.05) is 24.7 Å². The van der Waals surface area contributed by atoms with Gasteiger partial charge >= 0.3 is 0 Å². The van der Waals surface area contributed by atoms with Crippen LogP contribution in [0.5, 0.6) is 0 Å². The van der Waals surface area contributed by atoms with Crippen molar-refractivity contribution >= 4 is 17.7 Å². The lowest BCUT2D eigenvalue weighted by molar-refractivity contribution is 0.0930.